The molecule has 9 nitrogen and oxygen atoms in total. The fourth-order valence-electron chi connectivity index (χ4n) is 1.74. The molecule has 0 aromatic carbocycles. The van der Waals surface area contributed by atoms with Crippen LogP contribution >= 0.6 is 0 Å². The number of nitrogens with zero attached hydrogens (tertiary/aromatic N) is 3. The van der Waals surface area contributed by atoms with E-state index in [0.717, 1.165) is 4.68 Å². The van der Waals surface area contributed by atoms with Crippen LogP contribution in [0.5, 0.6) is 0 Å². The number of aliphatic hydroxyl groups is 2. The van der Waals surface area contributed by atoms with Crippen molar-refractivity contribution in [3.8, 4) is 0 Å². The van der Waals surface area contributed by atoms with E-state index in [-0.39, 0.29) is 11.9 Å². The van der Waals surface area contributed by atoms with Crippen molar-refractivity contribution in [2.75, 3.05) is 0 Å². The monoisotopic (exact) mass is 272 g/mol. The van der Waals surface area contributed by atoms with E-state index in [4.69, 9.17) is 15.2 Å². The SMILES string of the molecule is CC(C)O[C@H]1O[C@@H](n2cnc(C(N)=O)n2)[C@H](O)[C@@H]1O. The van der Waals surface area contributed by atoms with Gasteiger partial charge in [-0.25, -0.2) is 9.67 Å². The second-order valence-electron chi connectivity index (χ2n) is 4.47. The highest BCUT2D eigenvalue weighted by Gasteiger charge is 2.45. The Morgan fingerprint density at radius 1 is 1.53 bits per heavy atom. The number of nitrogens with two attached hydrogens (primary N) is 1. The van der Waals surface area contributed by atoms with Crippen molar-refractivity contribution in [1.82, 2.24) is 14.8 Å². The molecule has 0 aliphatic carbocycles. The fraction of sp³-hybridized carbons (Fsp3) is 0.700. The lowest BCUT2D eigenvalue weighted by molar-refractivity contribution is -0.194. The van der Waals surface area contributed by atoms with E-state index < -0.39 is 30.6 Å². The van der Waals surface area contributed by atoms with Gasteiger partial charge in [0.15, 0.2) is 12.5 Å². The minimum atomic E-state index is -1.24. The van der Waals surface area contributed by atoms with Gasteiger partial charge in [0.05, 0.1) is 6.10 Å². The summed E-state index contributed by atoms with van der Waals surface area (Å²) in [4.78, 5) is 14.6. The Kier molecular flexibility index (Phi) is 3.80. The summed E-state index contributed by atoms with van der Waals surface area (Å²) in [6, 6.07) is 0. The van der Waals surface area contributed by atoms with Crippen LogP contribution in [0.1, 0.15) is 30.7 Å². The van der Waals surface area contributed by atoms with E-state index in [1.54, 1.807) is 13.8 Å². The molecule has 2 rings (SSSR count). The Morgan fingerprint density at radius 3 is 2.74 bits per heavy atom. The lowest BCUT2D eigenvalue weighted by Gasteiger charge is -2.17. The highest BCUT2D eigenvalue weighted by Crippen LogP contribution is 2.29. The third-order valence-corrected chi connectivity index (χ3v) is 2.59. The Balaban J connectivity index is 2.14. The molecule has 1 saturated heterocycles. The number of aliphatic hydroxyl groups excluding tert-OH is 2. The minimum Gasteiger partial charge on any atom is -0.385 e. The summed E-state index contributed by atoms with van der Waals surface area (Å²) in [5.41, 5.74) is 5.03. The summed E-state index contributed by atoms with van der Waals surface area (Å²) in [6.07, 6.45) is -3.40. The van der Waals surface area contributed by atoms with Gasteiger partial charge in [0.2, 0.25) is 5.82 Å². The van der Waals surface area contributed by atoms with Gasteiger partial charge in [0.25, 0.3) is 5.91 Å². The summed E-state index contributed by atoms with van der Waals surface area (Å²) in [6.45, 7) is 3.55. The molecule has 0 spiro atoms. The van der Waals surface area contributed by atoms with Gasteiger partial charge in [-0.2, -0.15) is 0 Å². The van der Waals surface area contributed by atoms with Gasteiger partial charge < -0.3 is 25.4 Å². The number of hydrogen-bond acceptors (Lipinski definition) is 7. The number of amides is 1. The zero-order valence-electron chi connectivity index (χ0n) is 10.5. The van der Waals surface area contributed by atoms with Crippen LogP contribution in [-0.4, -0.2) is 55.5 Å². The summed E-state index contributed by atoms with van der Waals surface area (Å²) in [5.74, 6) is -0.986. The normalized spacial score (nSPS) is 31.0. The van der Waals surface area contributed by atoms with Crippen molar-refractivity contribution in [3.63, 3.8) is 0 Å². The molecule has 9 heteroatoms. The van der Waals surface area contributed by atoms with Crippen LogP contribution in [0.3, 0.4) is 0 Å². The summed E-state index contributed by atoms with van der Waals surface area (Å²) in [7, 11) is 0. The maximum Gasteiger partial charge on any atom is 0.288 e. The zero-order valence-corrected chi connectivity index (χ0v) is 10.5. The molecule has 0 bridgehead atoms. The number of ether oxygens (including phenoxy) is 2. The second-order valence-corrected chi connectivity index (χ2v) is 4.47. The van der Waals surface area contributed by atoms with Crippen LogP contribution < -0.4 is 5.73 Å². The highest BCUT2D eigenvalue weighted by molar-refractivity contribution is 5.88. The smallest absolute Gasteiger partial charge is 0.288 e. The van der Waals surface area contributed by atoms with Gasteiger partial charge in [0.1, 0.15) is 18.5 Å². The predicted molar refractivity (Wildman–Crippen MR) is 60.7 cm³/mol. The van der Waals surface area contributed by atoms with Crippen LogP contribution in [0.4, 0.5) is 0 Å². The molecule has 1 amide bonds. The zero-order chi connectivity index (χ0) is 14.2. The van der Waals surface area contributed by atoms with E-state index >= 15 is 0 Å². The molecular weight excluding hydrogens is 256 g/mol. The van der Waals surface area contributed by atoms with Gasteiger partial charge >= 0.3 is 0 Å². The van der Waals surface area contributed by atoms with E-state index in [2.05, 4.69) is 10.1 Å². The standard InChI is InChI=1S/C10H16N4O5/c1-4(2)18-10-6(16)5(15)9(19-10)14-3-12-8(13-14)7(11)17/h3-6,9-10,15-16H,1-2H3,(H2,11,17)/t5-,6+,9-,10+/m1/s1. The van der Waals surface area contributed by atoms with Crippen molar-refractivity contribution in [2.45, 2.75) is 44.7 Å². The summed E-state index contributed by atoms with van der Waals surface area (Å²) in [5, 5.41) is 23.5. The summed E-state index contributed by atoms with van der Waals surface area (Å²) >= 11 is 0. The van der Waals surface area contributed by atoms with Crippen molar-refractivity contribution in [1.29, 1.82) is 0 Å². The van der Waals surface area contributed by atoms with Crippen molar-refractivity contribution >= 4 is 5.91 Å². The number of carbonyl (C=O) groups excluding carboxylic acids is 1. The topological polar surface area (TPSA) is 133 Å². The molecule has 1 aliphatic heterocycles. The molecule has 106 valence electrons. The minimum absolute atomic E-state index is 0.178. The Morgan fingerprint density at radius 2 is 2.21 bits per heavy atom. The molecule has 0 radical (unpaired) electrons. The quantitative estimate of drug-likeness (QED) is 0.599. The van der Waals surface area contributed by atoms with Gasteiger partial charge in [-0.15, -0.1) is 5.10 Å². The van der Waals surface area contributed by atoms with Crippen molar-refractivity contribution < 1.29 is 24.5 Å². The summed E-state index contributed by atoms with van der Waals surface area (Å²) < 4.78 is 11.8. The average Bonchev–Trinajstić information content (AvgIpc) is 2.89. The first-order chi connectivity index (χ1) is 8.90. The third-order valence-electron chi connectivity index (χ3n) is 2.59. The van der Waals surface area contributed by atoms with Gasteiger partial charge in [0, 0.05) is 0 Å². The van der Waals surface area contributed by atoms with Crippen LogP contribution in [0.25, 0.3) is 0 Å². The fourth-order valence-corrected chi connectivity index (χ4v) is 1.74. The van der Waals surface area contributed by atoms with Crippen LogP contribution in [0, 0.1) is 0 Å². The average molecular weight is 272 g/mol. The number of aromatic nitrogens is 3. The largest absolute Gasteiger partial charge is 0.385 e. The van der Waals surface area contributed by atoms with Crippen molar-refractivity contribution in [2.24, 2.45) is 5.73 Å². The molecule has 1 aromatic heterocycles. The predicted octanol–water partition coefficient (Wildman–Crippen LogP) is -1.62. The number of primary amides is 1. The second kappa shape index (κ2) is 5.21. The first-order valence-corrected chi connectivity index (χ1v) is 5.78. The molecule has 1 aromatic rings. The van der Waals surface area contributed by atoms with E-state index in [1.165, 1.54) is 6.33 Å². The molecule has 4 atom stereocenters. The Hall–Kier alpha value is -1.55. The lowest BCUT2D eigenvalue weighted by atomic mass is 10.2. The van der Waals surface area contributed by atoms with Crippen LogP contribution in [0.2, 0.25) is 0 Å². The first-order valence-electron chi connectivity index (χ1n) is 5.78. The van der Waals surface area contributed by atoms with E-state index in [9.17, 15) is 15.0 Å². The Labute approximate surface area is 108 Å². The molecule has 0 saturated carbocycles. The van der Waals surface area contributed by atoms with Crippen molar-refractivity contribution in [3.05, 3.63) is 12.2 Å². The Bertz CT molecular complexity index is 463. The molecule has 0 unspecified atom stereocenters. The number of hydrogen-bond donors (Lipinski definition) is 3. The molecule has 1 aliphatic rings. The molecular formula is C10H16N4O5. The number of carbonyl (C=O) groups is 1. The molecule has 1 fully saturated rings. The maximum atomic E-state index is 10.9. The highest BCUT2D eigenvalue weighted by atomic mass is 16.7. The van der Waals surface area contributed by atoms with Gasteiger partial charge in [-0.05, 0) is 13.8 Å². The molecule has 4 N–H and O–H groups in total. The maximum absolute atomic E-state index is 10.9. The third kappa shape index (κ3) is 2.73. The number of rotatable bonds is 4. The van der Waals surface area contributed by atoms with Crippen LogP contribution in [0.15, 0.2) is 6.33 Å². The van der Waals surface area contributed by atoms with Gasteiger partial charge in [-0.1, -0.05) is 0 Å². The van der Waals surface area contributed by atoms with Crippen LogP contribution in [-0.2, 0) is 9.47 Å². The molecule has 19 heavy (non-hydrogen) atoms. The molecule has 2 heterocycles. The van der Waals surface area contributed by atoms with E-state index in [0.29, 0.717) is 0 Å². The van der Waals surface area contributed by atoms with E-state index in [1.807, 2.05) is 0 Å². The first kappa shape index (κ1) is 13.9. The lowest BCUT2D eigenvalue weighted by Crippen LogP contribution is -2.34. The van der Waals surface area contributed by atoms with Gasteiger partial charge in [-0.3, -0.25) is 4.79 Å².